The Kier molecular flexibility index (Phi) is 4.40. The van der Waals surface area contributed by atoms with Gasteiger partial charge >= 0.3 is 0 Å². The van der Waals surface area contributed by atoms with E-state index in [2.05, 4.69) is 21.7 Å². The zero-order valence-electron chi connectivity index (χ0n) is 12.1. The molecule has 112 valence electrons. The molecule has 5 heteroatoms. The van der Waals surface area contributed by atoms with Crippen LogP contribution in [0.25, 0.3) is 10.6 Å². The molecular formula is C17H17N3OS. The molecule has 1 fully saturated rings. The lowest BCUT2D eigenvalue weighted by atomic mass is 9.80. The molecule has 0 unspecified atom stereocenters. The number of thiazole rings is 1. The maximum Gasteiger partial charge on any atom is 0.263 e. The molecular weight excluding hydrogens is 294 g/mol. The first kappa shape index (κ1) is 14.6. The normalized spacial score (nSPS) is 19.8. The van der Waals surface area contributed by atoms with Crippen LogP contribution in [-0.2, 0) is 0 Å². The van der Waals surface area contributed by atoms with Crippen molar-refractivity contribution >= 4 is 17.2 Å². The van der Waals surface area contributed by atoms with Crippen molar-refractivity contribution in [3.8, 4) is 23.0 Å². The third-order valence-electron chi connectivity index (χ3n) is 3.81. The molecule has 1 amide bonds. The Morgan fingerprint density at radius 1 is 1.36 bits per heavy atom. The van der Waals surface area contributed by atoms with Crippen LogP contribution in [0.3, 0.4) is 0 Å². The van der Waals surface area contributed by atoms with E-state index in [1.165, 1.54) is 11.3 Å². The van der Waals surface area contributed by atoms with E-state index in [1.54, 1.807) is 6.20 Å². The molecule has 0 aliphatic heterocycles. The van der Waals surface area contributed by atoms with Gasteiger partial charge in [0.1, 0.15) is 9.88 Å². The predicted molar refractivity (Wildman–Crippen MR) is 88.4 cm³/mol. The highest BCUT2D eigenvalue weighted by Gasteiger charge is 2.30. The summed E-state index contributed by atoms with van der Waals surface area (Å²) in [7, 11) is 0. The molecule has 0 spiro atoms. The first-order valence-corrected chi connectivity index (χ1v) is 8.08. The molecule has 1 aromatic carbocycles. The summed E-state index contributed by atoms with van der Waals surface area (Å²) in [5.41, 5.74) is 1.04. The Balaban J connectivity index is 1.54. The van der Waals surface area contributed by atoms with Crippen LogP contribution in [0.4, 0.5) is 0 Å². The first-order chi connectivity index (χ1) is 10.8. The van der Waals surface area contributed by atoms with Gasteiger partial charge in [-0.2, -0.15) is 0 Å². The minimum absolute atomic E-state index is 0.0342. The van der Waals surface area contributed by atoms with Crippen molar-refractivity contribution in [3.63, 3.8) is 0 Å². The van der Waals surface area contributed by atoms with Gasteiger partial charge in [-0.3, -0.25) is 4.79 Å². The van der Waals surface area contributed by atoms with Crippen LogP contribution in [0.1, 0.15) is 22.5 Å². The number of amides is 1. The van der Waals surface area contributed by atoms with Crippen LogP contribution >= 0.6 is 11.3 Å². The Labute approximate surface area is 134 Å². The maximum atomic E-state index is 12.2. The molecule has 4 nitrogen and oxygen atoms in total. The van der Waals surface area contributed by atoms with E-state index in [9.17, 15) is 4.79 Å². The van der Waals surface area contributed by atoms with Gasteiger partial charge in [-0.15, -0.1) is 11.3 Å². The number of rotatable bonds is 5. The Hall–Kier alpha value is -2.32. The van der Waals surface area contributed by atoms with E-state index in [1.807, 2.05) is 30.3 Å². The van der Waals surface area contributed by atoms with E-state index in [-0.39, 0.29) is 11.9 Å². The summed E-state index contributed by atoms with van der Waals surface area (Å²) >= 11 is 1.42. The monoisotopic (exact) mass is 311 g/mol. The number of terminal acetylenes is 1. The highest BCUT2D eigenvalue weighted by molar-refractivity contribution is 7.16. The lowest BCUT2D eigenvalue weighted by molar-refractivity contribution is 0.0894. The second-order valence-electron chi connectivity index (χ2n) is 5.43. The summed E-state index contributed by atoms with van der Waals surface area (Å²) in [4.78, 5) is 17.2. The molecule has 1 aliphatic rings. The zero-order chi connectivity index (χ0) is 15.4. The maximum absolute atomic E-state index is 12.2. The highest BCUT2D eigenvalue weighted by atomic mass is 32.1. The second kappa shape index (κ2) is 6.63. The zero-order valence-corrected chi connectivity index (χ0v) is 12.9. The lowest BCUT2D eigenvalue weighted by Gasteiger charge is -2.35. The van der Waals surface area contributed by atoms with Crippen LogP contribution in [0, 0.1) is 18.4 Å². The topological polar surface area (TPSA) is 54.0 Å². The molecule has 22 heavy (non-hydrogen) atoms. The second-order valence-corrected chi connectivity index (χ2v) is 6.46. The van der Waals surface area contributed by atoms with Crippen LogP contribution in [0.2, 0.25) is 0 Å². The smallest absolute Gasteiger partial charge is 0.263 e. The molecule has 1 saturated carbocycles. The van der Waals surface area contributed by atoms with Gasteiger partial charge in [0.05, 0.1) is 6.20 Å². The van der Waals surface area contributed by atoms with Crippen LogP contribution in [-0.4, -0.2) is 23.5 Å². The highest BCUT2D eigenvalue weighted by Crippen LogP contribution is 2.28. The summed E-state index contributed by atoms with van der Waals surface area (Å²) in [6, 6.07) is 12.6. The van der Waals surface area contributed by atoms with Crippen molar-refractivity contribution in [1.29, 1.82) is 0 Å². The number of hydrogen-bond acceptors (Lipinski definition) is 4. The molecule has 1 aliphatic carbocycles. The largest absolute Gasteiger partial charge is 0.349 e. The van der Waals surface area contributed by atoms with Crippen LogP contribution in [0.15, 0.2) is 36.5 Å². The van der Waals surface area contributed by atoms with E-state index in [4.69, 9.17) is 6.42 Å². The summed E-state index contributed by atoms with van der Waals surface area (Å²) in [6.07, 6.45) is 8.77. The first-order valence-electron chi connectivity index (χ1n) is 7.27. The van der Waals surface area contributed by atoms with Gasteiger partial charge in [-0.1, -0.05) is 36.8 Å². The van der Waals surface area contributed by atoms with Crippen LogP contribution in [0.5, 0.6) is 0 Å². The van der Waals surface area contributed by atoms with Gasteiger partial charge in [0, 0.05) is 24.2 Å². The van der Waals surface area contributed by atoms with Crippen molar-refractivity contribution < 1.29 is 4.79 Å². The van der Waals surface area contributed by atoms with E-state index in [0.29, 0.717) is 10.8 Å². The summed E-state index contributed by atoms with van der Waals surface area (Å²) in [6.45, 7) is 0.821. The van der Waals surface area contributed by atoms with Crippen molar-refractivity contribution in [1.82, 2.24) is 15.6 Å². The molecule has 1 aromatic heterocycles. The number of benzene rings is 1. The SMILES string of the molecule is C#CNCC1CC(NC(=O)c2cnc(-c3ccccc3)s2)C1. The quantitative estimate of drug-likeness (QED) is 0.659. The standard InChI is InChI=1S/C17H17N3OS/c1-2-18-10-12-8-14(9-12)20-16(21)15-11-19-17(22-15)13-6-4-3-5-7-13/h1,3-7,11-12,14,18H,8-10H2,(H,20,21). The van der Waals surface area contributed by atoms with Crippen LogP contribution < -0.4 is 10.6 Å². The summed E-state index contributed by atoms with van der Waals surface area (Å²) in [5, 5.41) is 6.81. The van der Waals surface area contributed by atoms with Gasteiger partial charge in [-0.25, -0.2) is 4.98 Å². The number of carbonyl (C=O) groups excluding carboxylic acids is 1. The predicted octanol–water partition coefficient (Wildman–Crippen LogP) is 2.50. The van der Waals surface area contributed by atoms with Gasteiger partial charge in [-0.05, 0) is 18.8 Å². The molecule has 0 bridgehead atoms. The number of nitrogens with zero attached hydrogens (tertiary/aromatic N) is 1. The Morgan fingerprint density at radius 2 is 2.14 bits per heavy atom. The van der Waals surface area contributed by atoms with Gasteiger partial charge in [0.2, 0.25) is 0 Å². The number of hydrogen-bond donors (Lipinski definition) is 2. The average Bonchev–Trinajstić information content (AvgIpc) is 3.00. The summed E-state index contributed by atoms with van der Waals surface area (Å²) in [5.74, 6) is 0.524. The molecule has 2 N–H and O–H groups in total. The molecule has 0 atom stereocenters. The number of carbonyl (C=O) groups is 1. The molecule has 0 saturated heterocycles. The van der Waals surface area contributed by atoms with E-state index >= 15 is 0 Å². The van der Waals surface area contributed by atoms with Gasteiger partial charge < -0.3 is 10.6 Å². The van der Waals surface area contributed by atoms with Crippen molar-refractivity contribution in [2.75, 3.05) is 6.54 Å². The molecule has 2 aromatic rings. The lowest BCUT2D eigenvalue weighted by Crippen LogP contribution is -2.46. The average molecular weight is 311 g/mol. The van der Waals surface area contributed by atoms with Crippen molar-refractivity contribution in [3.05, 3.63) is 41.4 Å². The molecule has 1 heterocycles. The number of aromatic nitrogens is 1. The minimum atomic E-state index is -0.0342. The Morgan fingerprint density at radius 3 is 2.86 bits per heavy atom. The fourth-order valence-electron chi connectivity index (χ4n) is 2.57. The molecule has 3 rings (SSSR count). The van der Waals surface area contributed by atoms with E-state index < -0.39 is 0 Å². The fraction of sp³-hybridized carbons (Fsp3) is 0.294. The van der Waals surface area contributed by atoms with Gasteiger partial charge in [0.25, 0.3) is 5.91 Å². The van der Waals surface area contributed by atoms with Crippen molar-refractivity contribution in [2.45, 2.75) is 18.9 Å². The third-order valence-corrected chi connectivity index (χ3v) is 4.86. The third kappa shape index (κ3) is 3.29. The number of nitrogens with one attached hydrogen (secondary N) is 2. The minimum Gasteiger partial charge on any atom is -0.349 e. The van der Waals surface area contributed by atoms with Gasteiger partial charge in [0.15, 0.2) is 0 Å². The van der Waals surface area contributed by atoms with E-state index in [0.717, 1.165) is 30.0 Å². The fourth-order valence-corrected chi connectivity index (χ4v) is 3.40. The van der Waals surface area contributed by atoms with Crippen molar-refractivity contribution in [2.24, 2.45) is 5.92 Å². The Bertz CT molecular complexity index is 683. The molecule has 0 radical (unpaired) electrons. The summed E-state index contributed by atoms with van der Waals surface area (Å²) < 4.78 is 0.